The van der Waals surface area contributed by atoms with E-state index in [0.717, 1.165) is 68.1 Å². The Morgan fingerprint density at radius 1 is 0.294 bits per heavy atom. The van der Waals surface area contributed by atoms with E-state index in [0.29, 0.717) is 45.9 Å². The normalized spacial score (nSPS) is 11.6. The van der Waals surface area contributed by atoms with Gasteiger partial charge in [-0.15, -0.1) is 0 Å². The third-order valence-corrected chi connectivity index (χ3v) is 17.7. The lowest BCUT2D eigenvalue weighted by atomic mass is 10.0. The monoisotopic (exact) mass is 1150 g/mol. The zero-order chi connectivity index (χ0) is 58.1. The summed E-state index contributed by atoms with van der Waals surface area (Å²) in [4.78, 5) is 36.8. The van der Waals surface area contributed by atoms with Crippen molar-refractivity contribution in [2.24, 2.45) is 0 Å². The van der Waals surface area contributed by atoms with Crippen LogP contribution in [0.25, 0.3) is 89.7 Å². The van der Waals surface area contributed by atoms with E-state index < -0.39 is 10.0 Å². The Morgan fingerprint density at radius 2 is 0.565 bits per heavy atom. The second-order valence-corrected chi connectivity index (χ2v) is 24.3. The van der Waals surface area contributed by atoms with Crippen molar-refractivity contribution in [3.05, 3.63) is 157 Å². The Kier molecular flexibility index (Phi) is 23.3. The number of benzene rings is 6. The molecule has 5 heterocycles. The van der Waals surface area contributed by atoms with Crippen LogP contribution in [-0.4, -0.2) is 49.9 Å². The lowest BCUT2D eigenvalue weighted by molar-refractivity contribution is 0.458. The molecule has 442 valence electrons. The zero-order valence-electron chi connectivity index (χ0n) is 50.9. The molecule has 0 spiro atoms. The smallest absolute Gasteiger partial charge is 0.427 e. The van der Waals surface area contributed by atoms with Crippen molar-refractivity contribution < 1.29 is 8.85 Å². The van der Waals surface area contributed by atoms with Gasteiger partial charge in [-0.05, 0) is 61.1 Å². The van der Waals surface area contributed by atoms with Crippen LogP contribution in [0.1, 0.15) is 192 Å². The Labute approximate surface area is 507 Å². The number of hydrogen-bond donors (Lipinski definition) is 2. The van der Waals surface area contributed by atoms with Crippen LogP contribution >= 0.6 is 0 Å². The molecular weight excluding hydrogens is 1060 g/mol. The Morgan fingerprint density at radius 3 is 0.859 bits per heavy atom. The van der Waals surface area contributed by atoms with E-state index in [4.69, 9.17) is 38.8 Å². The van der Waals surface area contributed by atoms with E-state index in [1.807, 2.05) is 97.1 Å². The molecule has 0 radical (unpaired) electrons. The maximum Gasteiger partial charge on any atom is 0.427 e. The quantitative estimate of drug-likeness (QED) is 0.0315. The van der Waals surface area contributed by atoms with Crippen molar-refractivity contribution >= 4 is 54.1 Å². The Bertz CT molecular complexity index is 3310. The standard InChI is InChI=1S/C42H72O2Si.C32H18N8/c1-3-5-7-9-11-13-15-17-19-21-23-25-27-31-39-33-29-35-41(37-39)43-45-44-42-36-30-34-40(38-42)32-28-26-24-22-20-18-16-14-12-10-8-6-4-2;1-2-10-18-17(9-1)25-33-26(18)38-28-21-13-5-6-14-22(21)30(35-28)40-32-24-16-8-7-15-23(24)31(36-32)39-29-20-12-4-3-11-19(20)27(34-29)37-25/h29-30,33-38H,3-28,31-32,45H2,1-2H3;1-16H,(H2,33,34,35,36,37,38,39,40). The molecule has 0 saturated carbocycles. The Hall–Kier alpha value is -7.50. The molecule has 6 aromatic carbocycles. The average molecular weight is 1150 g/mol. The van der Waals surface area contributed by atoms with Crippen LogP contribution in [0.4, 0.5) is 0 Å². The number of aromatic nitrogens is 8. The van der Waals surface area contributed by atoms with Crippen molar-refractivity contribution in [1.29, 1.82) is 0 Å². The molecule has 8 bridgehead atoms. The highest BCUT2D eigenvalue weighted by Crippen LogP contribution is 2.37. The van der Waals surface area contributed by atoms with Gasteiger partial charge in [-0.1, -0.05) is 289 Å². The second kappa shape index (κ2) is 32.7. The van der Waals surface area contributed by atoms with E-state index in [9.17, 15) is 0 Å². The molecule has 2 aliphatic heterocycles. The summed E-state index contributed by atoms with van der Waals surface area (Å²) in [5.41, 5.74) is 9.23. The number of aryl methyl sites for hydroxylation is 2. The number of hydrogen-bond acceptors (Lipinski definition) is 8. The van der Waals surface area contributed by atoms with Crippen molar-refractivity contribution in [3.8, 4) is 57.1 Å². The SMILES string of the molecule is CCCCCCCCCCCCCCCc1cccc(O[SiH2]Oc2cccc(CCCCCCCCCCCCCCC)c2)c1.c1ccc2c(c1)-c1nc-2nc2[nH]c(nc3nc(nc4[nH]c(n1)c1ccccc41)-c1ccccc1-3)c1ccccc21. The van der Waals surface area contributed by atoms with Gasteiger partial charge in [0.05, 0.1) is 0 Å². The van der Waals surface area contributed by atoms with Gasteiger partial charge in [0.2, 0.25) is 0 Å². The molecule has 0 saturated heterocycles. The number of H-pyrrole nitrogens is 2. The molecule has 0 atom stereocenters. The van der Waals surface area contributed by atoms with Crippen LogP contribution in [0, 0.1) is 0 Å². The maximum atomic E-state index is 6.11. The van der Waals surface area contributed by atoms with Gasteiger partial charge < -0.3 is 18.8 Å². The summed E-state index contributed by atoms with van der Waals surface area (Å²) in [6.07, 6.45) is 38.8. The molecule has 11 heteroatoms. The third-order valence-electron chi connectivity index (χ3n) is 16.8. The molecule has 9 aromatic rings. The van der Waals surface area contributed by atoms with Crippen LogP contribution in [-0.2, 0) is 12.8 Å². The minimum absolute atomic E-state index is 0.597. The fourth-order valence-corrected chi connectivity index (χ4v) is 12.7. The van der Waals surface area contributed by atoms with Crippen LogP contribution in [0.5, 0.6) is 11.5 Å². The van der Waals surface area contributed by atoms with Crippen molar-refractivity contribution in [2.75, 3.05) is 0 Å². The van der Waals surface area contributed by atoms with E-state index >= 15 is 0 Å². The van der Waals surface area contributed by atoms with Crippen molar-refractivity contribution in [3.63, 3.8) is 0 Å². The fourth-order valence-electron chi connectivity index (χ4n) is 12.0. The van der Waals surface area contributed by atoms with Gasteiger partial charge in [0, 0.05) is 43.8 Å². The lowest BCUT2D eigenvalue weighted by Gasteiger charge is -2.11. The number of nitrogens with zero attached hydrogens (tertiary/aromatic N) is 6. The average Bonchev–Trinajstić information content (AvgIpc) is 2.38. The van der Waals surface area contributed by atoms with Gasteiger partial charge in [0.25, 0.3) is 0 Å². The van der Waals surface area contributed by atoms with Gasteiger partial charge in [-0.2, -0.15) is 0 Å². The molecule has 0 aliphatic carbocycles. The van der Waals surface area contributed by atoms with E-state index in [-0.39, 0.29) is 0 Å². The van der Waals surface area contributed by atoms with Crippen LogP contribution in [0.3, 0.4) is 0 Å². The number of nitrogens with one attached hydrogen (secondary N) is 2. The summed E-state index contributed by atoms with van der Waals surface area (Å²) < 4.78 is 12.2. The first-order valence-corrected chi connectivity index (χ1v) is 33.9. The molecular formula is C74H90N8O2Si. The van der Waals surface area contributed by atoms with Gasteiger partial charge in [0.15, 0.2) is 23.3 Å². The summed E-state index contributed by atoms with van der Waals surface area (Å²) in [7, 11) is -1.11. The first kappa shape index (κ1) is 60.6. The van der Waals surface area contributed by atoms with Gasteiger partial charge >= 0.3 is 10.0 Å². The van der Waals surface area contributed by atoms with Gasteiger partial charge in [-0.3, -0.25) is 0 Å². The van der Waals surface area contributed by atoms with Crippen molar-refractivity contribution in [1.82, 2.24) is 39.9 Å². The fraction of sp³-hybridized carbons (Fsp3) is 0.405. The summed E-state index contributed by atoms with van der Waals surface area (Å²) in [6.45, 7) is 4.59. The molecule has 0 unspecified atom stereocenters. The van der Waals surface area contributed by atoms with E-state index in [1.165, 1.54) is 178 Å². The van der Waals surface area contributed by atoms with Crippen LogP contribution in [0.15, 0.2) is 146 Å². The number of rotatable bonds is 32. The minimum Gasteiger partial charge on any atom is -0.516 e. The largest absolute Gasteiger partial charge is 0.516 e. The number of aromatic amines is 2. The van der Waals surface area contributed by atoms with Crippen LogP contribution in [0.2, 0.25) is 0 Å². The van der Waals surface area contributed by atoms with Crippen molar-refractivity contribution in [2.45, 2.75) is 194 Å². The minimum atomic E-state index is -1.11. The molecule has 3 aromatic heterocycles. The maximum absolute atomic E-state index is 6.11. The van der Waals surface area contributed by atoms with Crippen LogP contribution < -0.4 is 8.85 Å². The van der Waals surface area contributed by atoms with E-state index in [1.54, 1.807) is 0 Å². The second-order valence-electron chi connectivity index (χ2n) is 23.5. The third kappa shape index (κ3) is 17.3. The molecule has 10 nitrogen and oxygen atoms in total. The first-order valence-electron chi connectivity index (χ1n) is 32.7. The van der Waals surface area contributed by atoms with Gasteiger partial charge in [0.1, 0.15) is 34.1 Å². The molecule has 11 rings (SSSR count). The number of unbranched alkanes of at least 4 members (excludes halogenated alkanes) is 24. The summed E-state index contributed by atoms with van der Waals surface area (Å²) >= 11 is 0. The topological polar surface area (TPSA) is 127 Å². The molecule has 2 aliphatic rings. The molecule has 85 heavy (non-hydrogen) atoms. The molecule has 0 amide bonds. The first-order chi connectivity index (χ1) is 42.1. The molecule has 2 N–H and O–H groups in total. The summed E-state index contributed by atoms with van der Waals surface area (Å²) in [5, 5.41) is 3.82. The van der Waals surface area contributed by atoms with Gasteiger partial charge in [-0.25, -0.2) is 29.9 Å². The summed E-state index contributed by atoms with van der Waals surface area (Å²) in [5.74, 6) is 4.33. The highest BCUT2D eigenvalue weighted by molar-refractivity contribution is 6.20. The molecule has 0 fully saturated rings. The number of fused-ring (bicyclic) bond motifs is 20. The predicted octanol–water partition coefficient (Wildman–Crippen LogP) is 20.3. The zero-order valence-corrected chi connectivity index (χ0v) is 52.3. The highest BCUT2D eigenvalue weighted by atomic mass is 28.3. The predicted molar refractivity (Wildman–Crippen MR) is 358 cm³/mol. The highest BCUT2D eigenvalue weighted by Gasteiger charge is 2.22. The van der Waals surface area contributed by atoms with E-state index in [2.05, 4.69) is 72.3 Å². The lowest BCUT2D eigenvalue weighted by Crippen LogP contribution is -2.11. The summed E-state index contributed by atoms with van der Waals surface area (Å²) in [6, 6.07) is 49.6. The Balaban J connectivity index is 0.000000189.